The highest BCUT2D eigenvalue weighted by molar-refractivity contribution is 7.73. The molecule has 0 aliphatic rings. The zero-order valence-electron chi connectivity index (χ0n) is 14.1. The Hall–Kier alpha value is -2.09. The number of nitrogens with zero attached hydrogens (tertiary/aromatic N) is 3. The number of hydrogen-bond acceptors (Lipinski definition) is 5. The Balaban J connectivity index is 1.67. The Morgan fingerprint density at radius 2 is 2.04 bits per heavy atom. The molecule has 3 aromatic rings. The molecule has 0 saturated carbocycles. The van der Waals surface area contributed by atoms with E-state index in [1.54, 1.807) is 16.8 Å². The van der Waals surface area contributed by atoms with Crippen molar-refractivity contribution in [3.63, 3.8) is 0 Å². The van der Waals surface area contributed by atoms with Gasteiger partial charge < -0.3 is 5.32 Å². The third-order valence-corrected chi connectivity index (χ3v) is 4.82. The van der Waals surface area contributed by atoms with Crippen molar-refractivity contribution in [2.75, 3.05) is 12.4 Å². The summed E-state index contributed by atoms with van der Waals surface area (Å²) in [6.07, 6.45) is 0. The Kier molecular flexibility index (Phi) is 5.57. The minimum absolute atomic E-state index is 0.221. The second kappa shape index (κ2) is 7.86. The van der Waals surface area contributed by atoms with Crippen molar-refractivity contribution in [2.45, 2.75) is 20.1 Å². The van der Waals surface area contributed by atoms with Gasteiger partial charge in [-0.3, -0.25) is 4.90 Å². The van der Waals surface area contributed by atoms with Gasteiger partial charge in [-0.25, -0.2) is 9.07 Å². The Morgan fingerprint density at radius 1 is 1.24 bits per heavy atom. The molecule has 0 bridgehead atoms. The lowest BCUT2D eigenvalue weighted by Gasteiger charge is -2.16. The van der Waals surface area contributed by atoms with Crippen molar-refractivity contribution >= 4 is 34.4 Å². The standard InChI is InChI=1S/C18H19FN4S2/c1-13-5-3-8-16(9-13)20-17-21-23(18(24)25-17)12-22(2)11-14-6-4-7-15(19)10-14/h3-10H,11-12H2,1-2H3,(H,20,21). The second-order valence-electron chi connectivity index (χ2n) is 5.95. The van der Waals surface area contributed by atoms with Crippen LogP contribution in [0.15, 0.2) is 48.5 Å². The van der Waals surface area contributed by atoms with Crippen molar-refractivity contribution in [1.29, 1.82) is 0 Å². The Labute approximate surface area is 155 Å². The fraction of sp³-hybridized carbons (Fsp3) is 0.222. The number of hydrogen-bond donors (Lipinski definition) is 1. The number of rotatable bonds is 6. The molecule has 7 heteroatoms. The summed E-state index contributed by atoms with van der Waals surface area (Å²) < 4.78 is 15.8. The molecule has 1 N–H and O–H groups in total. The summed E-state index contributed by atoms with van der Waals surface area (Å²) >= 11 is 6.85. The number of anilines is 2. The van der Waals surface area contributed by atoms with E-state index in [1.807, 2.05) is 43.1 Å². The maximum absolute atomic E-state index is 13.3. The largest absolute Gasteiger partial charge is 0.330 e. The van der Waals surface area contributed by atoms with Gasteiger partial charge in [-0.1, -0.05) is 35.6 Å². The fourth-order valence-electron chi connectivity index (χ4n) is 2.52. The number of nitrogens with one attached hydrogen (secondary N) is 1. The van der Waals surface area contributed by atoms with Crippen molar-refractivity contribution < 1.29 is 4.39 Å². The SMILES string of the molecule is Cc1cccc(Nc2nn(CN(C)Cc3cccc(F)c3)c(=S)s2)c1. The van der Waals surface area contributed by atoms with Crippen molar-refractivity contribution in [3.8, 4) is 0 Å². The van der Waals surface area contributed by atoms with E-state index in [2.05, 4.69) is 16.5 Å². The molecule has 0 atom stereocenters. The molecule has 3 rings (SSSR count). The topological polar surface area (TPSA) is 33.1 Å². The van der Waals surface area contributed by atoms with Gasteiger partial charge >= 0.3 is 0 Å². The molecule has 0 radical (unpaired) electrons. The normalized spacial score (nSPS) is 11.0. The molecule has 0 aliphatic carbocycles. The monoisotopic (exact) mass is 374 g/mol. The van der Waals surface area contributed by atoms with E-state index in [9.17, 15) is 4.39 Å². The lowest BCUT2D eigenvalue weighted by Crippen LogP contribution is -2.22. The first-order chi connectivity index (χ1) is 12.0. The maximum Gasteiger partial charge on any atom is 0.209 e. The minimum atomic E-state index is -0.221. The molecule has 1 aromatic heterocycles. The predicted molar refractivity (Wildman–Crippen MR) is 103 cm³/mol. The summed E-state index contributed by atoms with van der Waals surface area (Å²) in [5.41, 5.74) is 3.09. The molecule has 0 unspecified atom stereocenters. The quantitative estimate of drug-likeness (QED) is 0.619. The molecule has 0 aliphatic heterocycles. The van der Waals surface area contributed by atoms with Crippen LogP contribution in [0.4, 0.5) is 15.2 Å². The molecule has 0 fully saturated rings. The molecule has 25 heavy (non-hydrogen) atoms. The van der Waals surface area contributed by atoms with Crippen LogP contribution in [0.25, 0.3) is 0 Å². The first-order valence-electron chi connectivity index (χ1n) is 7.84. The lowest BCUT2D eigenvalue weighted by atomic mass is 10.2. The van der Waals surface area contributed by atoms with E-state index >= 15 is 0 Å². The fourth-order valence-corrected chi connectivity index (χ4v) is 3.53. The highest BCUT2D eigenvalue weighted by Gasteiger charge is 2.08. The Bertz CT molecular complexity index is 919. The smallest absolute Gasteiger partial charge is 0.209 e. The van der Waals surface area contributed by atoms with Gasteiger partial charge in [-0.15, -0.1) is 5.10 Å². The molecule has 1 heterocycles. The molecule has 0 amide bonds. The summed E-state index contributed by atoms with van der Waals surface area (Å²) in [7, 11) is 1.96. The van der Waals surface area contributed by atoms with E-state index in [0.29, 0.717) is 17.2 Å². The van der Waals surface area contributed by atoms with E-state index in [1.165, 1.54) is 23.0 Å². The summed E-state index contributed by atoms with van der Waals surface area (Å²) in [6, 6.07) is 14.7. The van der Waals surface area contributed by atoms with Crippen LogP contribution in [0.3, 0.4) is 0 Å². The van der Waals surface area contributed by atoms with Gasteiger partial charge in [0.25, 0.3) is 0 Å². The van der Waals surface area contributed by atoms with Gasteiger partial charge in [0.1, 0.15) is 5.82 Å². The van der Waals surface area contributed by atoms with Gasteiger partial charge in [0.2, 0.25) is 5.13 Å². The number of aryl methyl sites for hydroxylation is 1. The molecule has 4 nitrogen and oxygen atoms in total. The highest BCUT2D eigenvalue weighted by atomic mass is 32.1. The van der Waals surface area contributed by atoms with Crippen LogP contribution in [-0.4, -0.2) is 21.7 Å². The molecular weight excluding hydrogens is 355 g/mol. The van der Waals surface area contributed by atoms with Crippen LogP contribution in [0.1, 0.15) is 11.1 Å². The molecule has 130 valence electrons. The minimum Gasteiger partial charge on any atom is -0.330 e. The number of halogens is 1. The molecule has 0 spiro atoms. The third kappa shape index (κ3) is 4.94. The van der Waals surface area contributed by atoms with Gasteiger partial charge in [0.15, 0.2) is 3.95 Å². The average Bonchev–Trinajstić information content (AvgIpc) is 2.86. The summed E-state index contributed by atoms with van der Waals surface area (Å²) in [5, 5.41) is 8.59. The van der Waals surface area contributed by atoms with Gasteiger partial charge in [-0.05, 0) is 61.6 Å². The Morgan fingerprint density at radius 3 is 2.80 bits per heavy atom. The first-order valence-corrected chi connectivity index (χ1v) is 9.07. The van der Waals surface area contributed by atoms with E-state index < -0.39 is 0 Å². The van der Waals surface area contributed by atoms with E-state index in [0.717, 1.165) is 16.4 Å². The van der Waals surface area contributed by atoms with Crippen LogP contribution in [0, 0.1) is 16.7 Å². The zero-order valence-corrected chi connectivity index (χ0v) is 15.7. The first kappa shape index (κ1) is 17.7. The van der Waals surface area contributed by atoms with Crippen LogP contribution in [0.2, 0.25) is 0 Å². The lowest BCUT2D eigenvalue weighted by molar-refractivity contribution is 0.245. The van der Waals surface area contributed by atoms with Crippen LogP contribution >= 0.6 is 23.6 Å². The number of aromatic nitrogens is 2. The predicted octanol–water partition coefficient (Wildman–Crippen LogP) is 4.95. The molecular formula is C18H19FN4S2. The summed E-state index contributed by atoms with van der Waals surface area (Å²) in [6.45, 7) is 3.21. The van der Waals surface area contributed by atoms with Crippen LogP contribution in [-0.2, 0) is 13.2 Å². The second-order valence-corrected chi connectivity index (χ2v) is 7.58. The summed E-state index contributed by atoms with van der Waals surface area (Å²) in [4.78, 5) is 2.04. The van der Waals surface area contributed by atoms with Gasteiger partial charge in [0, 0.05) is 12.2 Å². The van der Waals surface area contributed by atoms with Crippen molar-refractivity contribution in [2.24, 2.45) is 0 Å². The zero-order chi connectivity index (χ0) is 17.8. The average molecular weight is 375 g/mol. The highest BCUT2D eigenvalue weighted by Crippen LogP contribution is 2.21. The van der Waals surface area contributed by atoms with Gasteiger partial charge in [-0.2, -0.15) is 0 Å². The van der Waals surface area contributed by atoms with Gasteiger partial charge in [0.05, 0.1) is 6.67 Å². The van der Waals surface area contributed by atoms with Crippen LogP contribution < -0.4 is 5.32 Å². The summed E-state index contributed by atoms with van der Waals surface area (Å²) in [5.74, 6) is -0.221. The van der Waals surface area contributed by atoms with Crippen molar-refractivity contribution in [1.82, 2.24) is 14.7 Å². The molecule has 2 aromatic carbocycles. The number of benzene rings is 2. The molecule has 0 saturated heterocycles. The van der Waals surface area contributed by atoms with Crippen molar-refractivity contribution in [3.05, 3.63) is 69.4 Å². The van der Waals surface area contributed by atoms with E-state index in [-0.39, 0.29) is 5.82 Å². The third-order valence-electron chi connectivity index (χ3n) is 3.59. The van der Waals surface area contributed by atoms with Crippen LogP contribution in [0.5, 0.6) is 0 Å². The van der Waals surface area contributed by atoms with E-state index in [4.69, 9.17) is 12.2 Å². The maximum atomic E-state index is 13.3.